The first-order valence-electron chi connectivity index (χ1n) is 3.40. The molecule has 1 rings (SSSR count). The number of phenols is 1. The maximum absolute atomic E-state index is 10.4. The summed E-state index contributed by atoms with van der Waals surface area (Å²) in [6.45, 7) is 3.72. The van der Waals surface area contributed by atoms with Crippen LogP contribution in [0.15, 0.2) is 12.1 Å². The van der Waals surface area contributed by atoms with Crippen LogP contribution in [0.4, 0.5) is 0 Å². The second-order valence-electron chi connectivity index (χ2n) is 2.59. The highest BCUT2D eigenvalue weighted by Crippen LogP contribution is 2.18. The first kappa shape index (κ1) is 7.79. The number of phenolic OH excluding ortho intramolecular Hbond substituents is 1. The lowest BCUT2D eigenvalue weighted by molar-refractivity contribution is 0.112. The molecule has 0 saturated carbocycles. The third-order valence-electron chi connectivity index (χ3n) is 1.82. The Kier molecular flexibility index (Phi) is 1.94. The van der Waals surface area contributed by atoms with E-state index in [9.17, 15) is 4.79 Å². The lowest BCUT2D eigenvalue weighted by Gasteiger charge is -2.02. The van der Waals surface area contributed by atoms with Crippen molar-refractivity contribution < 1.29 is 9.90 Å². The molecule has 1 N–H and O–H groups in total. The van der Waals surface area contributed by atoms with Gasteiger partial charge in [-0.1, -0.05) is 0 Å². The van der Waals surface area contributed by atoms with Gasteiger partial charge in [-0.15, -0.1) is 0 Å². The summed E-state index contributed by atoms with van der Waals surface area (Å²) >= 11 is 0. The molecule has 0 aliphatic carbocycles. The smallest absolute Gasteiger partial charge is 0.150 e. The van der Waals surface area contributed by atoms with Gasteiger partial charge in [-0.2, -0.15) is 0 Å². The zero-order valence-electron chi connectivity index (χ0n) is 6.59. The molecule has 0 amide bonds. The standard InChI is InChI=1S/C9H10O2/c1-6-3-9(11)4-8(5-10)7(6)2/h3-5,11H,1-2H3. The lowest BCUT2D eigenvalue weighted by Crippen LogP contribution is -1.89. The van der Waals surface area contributed by atoms with E-state index in [1.54, 1.807) is 6.07 Å². The van der Waals surface area contributed by atoms with Crippen LogP contribution in [0.25, 0.3) is 0 Å². The van der Waals surface area contributed by atoms with E-state index in [1.165, 1.54) is 6.07 Å². The van der Waals surface area contributed by atoms with Gasteiger partial charge in [0.15, 0.2) is 0 Å². The van der Waals surface area contributed by atoms with E-state index >= 15 is 0 Å². The van der Waals surface area contributed by atoms with Crippen molar-refractivity contribution in [3.05, 3.63) is 28.8 Å². The molecule has 0 unspecified atom stereocenters. The summed E-state index contributed by atoms with van der Waals surface area (Å²) in [5.41, 5.74) is 2.42. The fourth-order valence-corrected chi connectivity index (χ4v) is 0.989. The molecule has 58 valence electrons. The van der Waals surface area contributed by atoms with E-state index in [2.05, 4.69) is 0 Å². The van der Waals surface area contributed by atoms with Crippen LogP contribution in [0.2, 0.25) is 0 Å². The predicted molar refractivity (Wildman–Crippen MR) is 43.0 cm³/mol. The molecule has 0 fully saturated rings. The van der Waals surface area contributed by atoms with Crippen molar-refractivity contribution >= 4 is 6.29 Å². The summed E-state index contributed by atoms with van der Waals surface area (Å²) in [4.78, 5) is 10.4. The van der Waals surface area contributed by atoms with E-state index in [0.29, 0.717) is 5.56 Å². The van der Waals surface area contributed by atoms with Crippen LogP contribution >= 0.6 is 0 Å². The number of hydrogen-bond acceptors (Lipinski definition) is 2. The topological polar surface area (TPSA) is 37.3 Å². The van der Waals surface area contributed by atoms with Crippen molar-refractivity contribution in [2.24, 2.45) is 0 Å². The molecule has 0 aliphatic rings. The highest BCUT2D eigenvalue weighted by atomic mass is 16.3. The van der Waals surface area contributed by atoms with Crippen molar-refractivity contribution in [2.45, 2.75) is 13.8 Å². The Morgan fingerprint density at radius 3 is 2.55 bits per heavy atom. The number of rotatable bonds is 1. The number of aryl methyl sites for hydroxylation is 1. The van der Waals surface area contributed by atoms with Crippen molar-refractivity contribution in [3.63, 3.8) is 0 Å². The summed E-state index contributed by atoms with van der Waals surface area (Å²) in [7, 11) is 0. The quantitative estimate of drug-likeness (QED) is 0.620. The Bertz CT molecular complexity index is 290. The molecule has 11 heavy (non-hydrogen) atoms. The van der Waals surface area contributed by atoms with E-state index < -0.39 is 0 Å². The minimum atomic E-state index is 0.148. The second kappa shape index (κ2) is 2.74. The SMILES string of the molecule is Cc1cc(O)cc(C=O)c1C. The maximum atomic E-state index is 10.4. The van der Waals surface area contributed by atoms with Crippen LogP contribution in [0.1, 0.15) is 21.5 Å². The van der Waals surface area contributed by atoms with Crippen LogP contribution in [0.5, 0.6) is 5.75 Å². The third kappa shape index (κ3) is 1.40. The summed E-state index contributed by atoms with van der Waals surface area (Å²) in [5, 5.41) is 9.09. The minimum Gasteiger partial charge on any atom is -0.508 e. The number of carbonyl (C=O) groups is 1. The van der Waals surface area contributed by atoms with Gasteiger partial charge in [0, 0.05) is 5.56 Å². The van der Waals surface area contributed by atoms with Gasteiger partial charge >= 0.3 is 0 Å². The molecular weight excluding hydrogens is 140 g/mol. The fraction of sp³-hybridized carbons (Fsp3) is 0.222. The van der Waals surface area contributed by atoms with Gasteiger partial charge in [0.2, 0.25) is 0 Å². The van der Waals surface area contributed by atoms with Gasteiger partial charge in [0.1, 0.15) is 12.0 Å². The average Bonchev–Trinajstić information content (AvgIpc) is 1.96. The summed E-state index contributed by atoms with van der Waals surface area (Å²) in [5.74, 6) is 0.148. The molecule has 0 radical (unpaired) electrons. The summed E-state index contributed by atoms with van der Waals surface area (Å²) < 4.78 is 0. The van der Waals surface area contributed by atoms with Gasteiger partial charge in [0.25, 0.3) is 0 Å². The van der Waals surface area contributed by atoms with Gasteiger partial charge in [-0.25, -0.2) is 0 Å². The van der Waals surface area contributed by atoms with Crippen molar-refractivity contribution in [1.29, 1.82) is 0 Å². The van der Waals surface area contributed by atoms with E-state index in [1.807, 2.05) is 13.8 Å². The molecule has 1 aromatic rings. The zero-order chi connectivity index (χ0) is 8.43. The molecular formula is C9H10O2. The zero-order valence-corrected chi connectivity index (χ0v) is 6.59. The summed E-state index contributed by atoms with van der Waals surface area (Å²) in [6.07, 6.45) is 0.752. The van der Waals surface area contributed by atoms with E-state index in [4.69, 9.17) is 5.11 Å². The Balaban J connectivity index is 3.35. The number of aldehydes is 1. The number of carbonyl (C=O) groups excluding carboxylic acids is 1. The van der Waals surface area contributed by atoms with E-state index in [0.717, 1.165) is 17.4 Å². The first-order chi connectivity index (χ1) is 5.15. The Morgan fingerprint density at radius 2 is 2.00 bits per heavy atom. The van der Waals surface area contributed by atoms with Gasteiger partial charge < -0.3 is 5.11 Å². The molecule has 0 bridgehead atoms. The number of benzene rings is 1. The second-order valence-corrected chi connectivity index (χ2v) is 2.59. The van der Waals surface area contributed by atoms with Gasteiger partial charge in [0.05, 0.1) is 0 Å². The van der Waals surface area contributed by atoms with Crippen LogP contribution in [-0.2, 0) is 0 Å². The van der Waals surface area contributed by atoms with Crippen LogP contribution in [0, 0.1) is 13.8 Å². The average molecular weight is 150 g/mol. The molecule has 0 saturated heterocycles. The Hall–Kier alpha value is -1.31. The molecule has 1 aromatic carbocycles. The monoisotopic (exact) mass is 150 g/mol. The van der Waals surface area contributed by atoms with Gasteiger partial charge in [-0.3, -0.25) is 4.79 Å². The first-order valence-corrected chi connectivity index (χ1v) is 3.40. The van der Waals surface area contributed by atoms with Crippen molar-refractivity contribution in [1.82, 2.24) is 0 Å². The van der Waals surface area contributed by atoms with Gasteiger partial charge in [-0.05, 0) is 37.1 Å². The maximum Gasteiger partial charge on any atom is 0.150 e. The van der Waals surface area contributed by atoms with Crippen LogP contribution < -0.4 is 0 Å². The highest BCUT2D eigenvalue weighted by molar-refractivity contribution is 5.78. The normalized spacial score (nSPS) is 9.64. The highest BCUT2D eigenvalue weighted by Gasteiger charge is 2.01. The molecule has 0 aliphatic heterocycles. The van der Waals surface area contributed by atoms with Crippen molar-refractivity contribution in [3.8, 4) is 5.75 Å². The molecule has 0 spiro atoms. The predicted octanol–water partition coefficient (Wildman–Crippen LogP) is 1.82. The fourth-order valence-electron chi connectivity index (χ4n) is 0.989. The Morgan fingerprint density at radius 1 is 1.36 bits per heavy atom. The number of aromatic hydroxyl groups is 1. The molecule has 2 heteroatoms. The lowest BCUT2D eigenvalue weighted by atomic mass is 10.0. The molecule has 0 heterocycles. The van der Waals surface area contributed by atoms with E-state index in [-0.39, 0.29) is 5.75 Å². The van der Waals surface area contributed by atoms with Crippen molar-refractivity contribution in [2.75, 3.05) is 0 Å². The number of hydrogen-bond donors (Lipinski definition) is 1. The van der Waals surface area contributed by atoms with Crippen LogP contribution in [0.3, 0.4) is 0 Å². The largest absolute Gasteiger partial charge is 0.508 e. The Labute approximate surface area is 65.5 Å². The minimum absolute atomic E-state index is 0.148. The molecule has 2 nitrogen and oxygen atoms in total. The van der Waals surface area contributed by atoms with Crippen LogP contribution in [-0.4, -0.2) is 11.4 Å². The molecule has 0 aromatic heterocycles. The summed E-state index contributed by atoms with van der Waals surface area (Å²) in [6, 6.07) is 3.11. The molecule has 0 atom stereocenters. The third-order valence-corrected chi connectivity index (χ3v) is 1.82.